The first-order chi connectivity index (χ1) is 13.7. The van der Waals surface area contributed by atoms with Gasteiger partial charge in [0.05, 0.1) is 17.1 Å². The minimum Gasteiger partial charge on any atom is -0.366 e. The van der Waals surface area contributed by atoms with Crippen LogP contribution in [0, 0.1) is 13.8 Å². The summed E-state index contributed by atoms with van der Waals surface area (Å²) in [5.74, 6) is 0.874. The lowest BCUT2D eigenvalue weighted by atomic mass is 10.2. The highest BCUT2D eigenvalue weighted by Gasteiger charge is 2.23. The number of hydrogen-bond donors (Lipinski definition) is 0. The second kappa shape index (κ2) is 8.40. The largest absolute Gasteiger partial charge is 0.366 e. The summed E-state index contributed by atoms with van der Waals surface area (Å²) in [5, 5.41) is 4.75. The summed E-state index contributed by atoms with van der Waals surface area (Å²) in [6.07, 6.45) is 6.28. The average molecular weight is 374 g/mol. The summed E-state index contributed by atoms with van der Waals surface area (Å²) < 4.78 is 1.96. The van der Waals surface area contributed by atoms with Gasteiger partial charge in [-0.2, -0.15) is 5.10 Å². The molecule has 0 amide bonds. The quantitative estimate of drug-likeness (QED) is 0.683. The van der Waals surface area contributed by atoms with Crippen LogP contribution in [-0.2, 0) is 0 Å². The third-order valence-corrected chi connectivity index (χ3v) is 5.28. The Labute approximate surface area is 166 Å². The van der Waals surface area contributed by atoms with E-state index in [4.69, 9.17) is 5.10 Å². The fourth-order valence-electron chi connectivity index (χ4n) is 3.85. The lowest BCUT2D eigenvalue weighted by Gasteiger charge is -2.35. The molecule has 1 aliphatic heterocycles. The summed E-state index contributed by atoms with van der Waals surface area (Å²) in [4.78, 5) is 9.42. The van der Waals surface area contributed by atoms with Gasteiger partial charge in [-0.25, -0.2) is 9.67 Å². The highest BCUT2D eigenvalue weighted by atomic mass is 15.4. The van der Waals surface area contributed by atoms with E-state index in [-0.39, 0.29) is 0 Å². The van der Waals surface area contributed by atoms with E-state index in [9.17, 15) is 0 Å². The number of benzene rings is 1. The Morgan fingerprint density at radius 2 is 1.68 bits per heavy atom. The van der Waals surface area contributed by atoms with Crippen LogP contribution in [-0.4, -0.2) is 52.4 Å². The van der Waals surface area contributed by atoms with E-state index in [1.807, 2.05) is 29.1 Å². The van der Waals surface area contributed by atoms with Crippen molar-refractivity contribution in [3.8, 4) is 5.82 Å². The maximum Gasteiger partial charge on any atom is 0.153 e. The van der Waals surface area contributed by atoms with Crippen molar-refractivity contribution >= 4 is 11.8 Å². The van der Waals surface area contributed by atoms with Gasteiger partial charge >= 0.3 is 0 Å². The Bertz CT molecular complexity index is 922. The summed E-state index contributed by atoms with van der Waals surface area (Å²) >= 11 is 0. The van der Waals surface area contributed by atoms with Gasteiger partial charge in [0.25, 0.3) is 0 Å². The van der Waals surface area contributed by atoms with Crippen LogP contribution in [0.15, 0.2) is 60.8 Å². The number of pyridine rings is 1. The Morgan fingerprint density at radius 1 is 0.929 bits per heavy atom. The zero-order valence-electron chi connectivity index (χ0n) is 16.6. The van der Waals surface area contributed by atoms with Gasteiger partial charge in [-0.15, -0.1) is 0 Å². The molecule has 1 fully saturated rings. The molecule has 3 aromatic rings. The van der Waals surface area contributed by atoms with E-state index in [1.165, 1.54) is 11.3 Å². The van der Waals surface area contributed by atoms with Crippen LogP contribution < -0.4 is 4.90 Å². The fraction of sp³-hybridized carbons (Fsp3) is 0.304. The molecule has 1 aliphatic rings. The zero-order chi connectivity index (χ0) is 19.3. The molecular formula is C23H27N5. The second-order valence-corrected chi connectivity index (χ2v) is 7.22. The predicted molar refractivity (Wildman–Crippen MR) is 115 cm³/mol. The molecule has 0 atom stereocenters. The summed E-state index contributed by atoms with van der Waals surface area (Å²) in [6.45, 7) is 9.40. The first-order valence-electron chi connectivity index (χ1n) is 9.89. The van der Waals surface area contributed by atoms with E-state index in [2.05, 4.69) is 71.1 Å². The number of aryl methyl sites for hydroxylation is 1. The molecule has 0 bridgehead atoms. The van der Waals surface area contributed by atoms with Crippen molar-refractivity contribution in [3.63, 3.8) is 0 Å². The molecule has 5 nitrogen and oxygen atoms in total. The third-order valence-electron chi connectivity index (χ3n) is 5.28. The Hall–Kier alpha value is -2.92. The van der Waals surface area contributed by atoms with Crippen molar-refractivity contribution in [2.75, 3.05) is 37.6 Å². The molecule has 3 heterocycles. The number of nitrogens with zero attached hydrogens (tertiary/aromatic N) is 5. The predicted octanol–water partition coefficient (Wildman–Crippen LogP) is 3.72. The number of anilines is 1. The van der Waals surface area contributed by atoms with E-state index in [0.29, 0.717) is 0 Å². The van der Waals surface area contributed by atoms with Crippen LogP contribution in [0.3, 0.4) is 0 Å². The monoisotopic (exact) mass is 373 g/mol. The van der Waals surface area contributed by atoms with Gasteiger partial charge in [-0.3, -0.25) is 4.90 Å². The van der Waals surface area contributed by atoms with Crippen LogP contribution in [0.5, 0.6) is 0 Å². The van der Waals surface area contributed by atoms with E-state index in [1.54, 1.807) is 0 Å². The molecule has 0 saturated carbocycles. The van der Waals surface area contributed by atoms with Gasteiger partial charge in [0, 0.05) is 38.9 Å². The first-order valence-corrected chi connectivity index (χ1v) is 9.89. The lowest BCUT2D eigenvalue weighted by Crippen LogP contribution is -2.46. The minimum atomic E-state index is 0.874. The first kappa shape index (κ1) is 18.4. The zero-order valence-corrected chi connectivity index (χ0v) is 16.6. The van der Waals surface area contributed by atoms with Crippen LogP contribution in [0.2, 0.25) is 0 Å². The molecular weight excluding hydrogens is 346 g/mol. The number of piperazine rings is 1. The molecule has 0 aliphatic carbocycles. The van der Waals surface area contributed by atoms with E-state index < -0.39 is 0 Å². The molecule has 0 N–H and O–H groups in total. The van der Waals surface area contributed by atoms with Gasteiger partial charge < -0.3 is 4.90 Å². The summed E-state index contributed by atoms with van der Waals surface area (Å²) in [6, 6.07) is 16.4. The van der Waals surface area contributed by atoms with Crippen LogP contribution in [0.4, 0.5) is 5.69 Å². The molecule has 5 heteroatoms. The minimum absolute atomic E-state index is 0.874. The SMILES string of the molecule is Cc1nn(-c2ccccn2)c(C)c1N1CCN(C/C=C/c2ccccc2)CC1. The molecule has 1 saturated heterocycles. The standard InChI is InChI=1S/C23H27N5/c1-19-23(20(2)28(25-19)22-12-6-7-13-24-22)27-17-15-26(16-18-27)14-8-11-21-9-4-3-5-10-21/h3-13H,14-18H2,1-2H3/b11-8+. The van der Waals surface area contributed by atoms with E-state index >= 15 is 0 Å². The van der Waals surface area contributed by atoms with Crippen molar-refractivity contribution in [2.45, 2.75) is 13.8 Å². The maximum atomic E-state index is 4.75. The fourth-order valence-corrected chi connectivity index (χ4v) is 3.85. The van der Waals surface area contributed by atoms with Crippen molar-refractivity contribution in [1.82, 2.24) is 19.7 Å². The molecule has 0 radical (unpaired) electrons. The highest BCUT2D eigenvalue weighted by molar-refractivity contribution is 5.57. The summed E-state index contributed by atoms with van der Waals surface area (Å²) in [5.41, 5.74) is 4.74. The molecule has 2 aromatic heterocycles. The number of hydrogen-bond acceptors (Lipinski definition) is 4. The Kier molecular flexibility index (Phi) is 5.53. The maximum absolute atomic E-state index is 4.75. The molecule has 144 valence electrons. The average Bonchev–Trinajstić information content (AvgIpc) is 3.04. The normalized spacial score (nSPS) is 15.4. The highest BCUT2D eigenvalue weighted by Crippen LogP contribution is 2.27. The van der Waals surface area contributed by atoms with Crippen LogP contribution >= 0.6 is 0 Å². The van der Waals surface area contributed by atoms with Crippen molar-refractivity contribution in [1.29, 1.82) is 0 Å². The lowest BCUT2D eigenvalue weighted by molar-refractivity contribution is 0.284. The third kappa shape index (κ3) is 3.99. The summed E-state index contributed by atoms with van der Waals surface area (Å²) in [7, 11) is 0. The number of aromatic nitrogens is 3. The molecule has 1 aromatic carbocycles. The smallest absolute Gasteiger partial charge is 0.153 e. The Balaban J connectivity index is 1.39. The Morgan fingerprint density at radius 3 is 2.39 bits per heavy atom. The molecule has 0 spiro atoms. The van der Waals surface area contributed by atoms with Crippen molar-refractivity contribution < 1.29 is 0 Å². The number of rotatable bonds is 5. The van der Waals surface area contributed by atoms with Crippen LogP contribution in [0.1, 0.15) is 17.0 Å². The molecule has 4 rings (SSSR count). The van der Waals surface area contributed by atoms with Gasteiger partial charge in [-0.1, -0.05) is 48.6 Å². The van der Waals surface area contributed by atoms with Gasteiger partial charge in [-0.05, 0) is 31.5 Å². The topological polar surface area (TPSA) is 37.2 Å². The molecule has 28 heavy (non-hydrogen) atoms. The van der Waals surface area contributed by atoms with E-state index in [0.717, 1.165) is 49.9 Å². The molecule has 0 unspecified atom stereocenters. The van der Waals surface area contributed by atoms with Crippen molar-refractivity contribution in [3.05, 3.63) is 77.8 Å². The van der Waals surface area contributed by atoms with Gasteiger partial charge in [0.1, 0.15) is 0 Å². The van der Waals surface area contributed by atoms with Crippen LogP contribution in [0.25, 0.3) is 11.9 Å². The van der Waals surface area contributed by atoms with Crippen molar-refractivity contribution in [2.24, 2.45) is 0 Å². The van der Waals surface area contributed by atoms with Gasteiger partial charge in [0.15, 0.2) is 5.82 Å². The van der Waals surface area contributed by atoms with Gasteiger partial charge in [0.2, 0.25) is 0 Å². The second-order valence-electron chi connectivity index (χ2n) is 7.22.